The summed E-state index contributed by atoms with van der Waals surface area (Å²) in [5, 5.41) is 0. The van der Waals surface area contributed by atoms with Crippen LogP contribution in [0.15, 0.2) is 66.7 Å². The summed E-state index contributed by atoms with van der Waals surface area (Å²) in [6, 6.07) is 19.0. The number of carbonyl (C=O) groups excluding carboxylic acids is 1. The summed E-state index contributed by atoms with van der Waals surface area (Å²) in [7, 11) is 0. The SMILES string of the molecule is CC(=O)/C=C(/Oc1ccccc1)c1ccccc1. The van der Waals surface area contributed by atoms with E-state index in [-0.39, 0.29) is 5.78 Å². The van der Waals surface area contributed by atoms with Gasteiger partial charge < -0.3 is 4.74 Å². The van der Waals surface area contributed by atoms with Gasteiger partial charge in [0.05, 0.1) is 0 Å². The molecule has 0 atom stereocenters. The Hall–Kier alpha value is -2.35. The van der Waals surface area contributed by atoms with E-state index in [1.165, 1.54) is 13.0 Å². The van der Waals surface area contributed by atoms with Crippen molar-refractivity contribution in [3.8, 4) is 5.75 Å². The number of benzene rings is 2. The highest BCUT2D eigenvalue weighted by Crippen LogP contribution is 2.20. The molecule has 2 aromatic rings. The molecule has 2 aromatic carbocycles. The standard InChI is InChI=1S/C16H14O2/c1-13(17)12-16(14-8-4-2-5-9-14)18-15-10-6-3-7-11-15/h2-12H,1H3/b16-12+. The second-order valence-electron chi connectivity index (χ2n) is 3.90. The summed E-state index contributed by atoms with van der Waals surface area (Å²) in [5.74, 6) is 1.24. The Morgan fingerprint density at radius 1 is 0.944 bits per heavy atom. The Kier molecular flexibility index (Phi) is 3.92. The van der Waals surface area contributed by atoms with Gasteiger partial charge in [-0.3, -0.25) is 4.79 Å². The third-order valence-corrected chi connectivity index (χ3v) is 2.36. The molecule has 0 amide bonds. The van der Waals surface area contributed by atoms with Crippen molar-refractivity contribution >= 4 is 11.5 Å². The highest BCUT2D eigenvalue weighted by Gasteiger charge is 2.05. The van der Waals surface area contributed by atoms with Crippen LogP contribution in [0.25, 0.3) is 5.76 Å². The smallest absolute Gasteiger partial charge is 0.156 e. The minimum atomic E-state index is -0.0372. The number of hydrogen-bond donors (Lipinski definition) is 0. The summed E-state index contributed by atoms with van der Waals surface area (Å²) in [4.78, 5) is 11.3. The van der Waals surface area contributed by atoms with Crippen LogP contribution in [-0.4, -0.2) is 5.78 Å². The van der Waals surface area contributed by atoms with E-state index in [0.29, 0.717) is 11.5 Å². The zero-order valence-corrected chi connectivity index (χ0v) is 10.2. The van der Waals surface area contributed by atoms with Gasteiger partial charge in [-0.05, 0) is 19.1 Å². The van der Waals surface area contributed by atoms with Gasteiger partial charge in [-0.1, -0.05) is 48.5 Å². The highest BCUT2D eigenvalue weighted by molar-refractivity contribution is 5.94. The van der Waals surface area contributed by atoms with Gasteiger partial charge in [-0.2, -0.15) is 0 Å². The normalized spacial score (nSPS) is 11.1. The predicted molar refractivity (Wildman–Crippen MR) is 72.2 cm³/mol. The van der Waals surface area contributed by atoms with Gasteiger partial charge in [0.1, 0.15) is 11.5 Å². The molecule has 0 unspecified atom stereocenters. The molecule has 0 radical (unpaired) electrons. The van der Waals surface area contributed by atoms with Gasteiger partial charge in [-0.15, -0.1) is 0 Å². The van der Waals surface area contributed by atoms with Gasteiger partial charge in [-0.25, -0.2) is 0 Å². The topological polar surface area (TPSA) is 26.3 Å². The number of rotatable bonds is 4. The summed E-state index contributed by atoms with van der Waals surface area (Å²) < 4.78 is 5.75. The first-order valence-corrected chi connectivity index (χ1v) is 5.76. The molecule has 0 aliphatic heterocycles. The van der Waals surface area contributed by atoms with Crippen LogP contribution >= 0.6 is 0 Å². The fourth-order valence-electron chi connectivity index (χ4n) is 1.57. The number of hydrogen-bond acceptors (Lipinski definition) is 2. The molecule has 90 valence electrons. The molecule has 0 N–H and O–H groups in total. The monoisotopic (exact) mass is 238 g/mol. The Morgan fingerprint density at radius 2 is 1.50 bits per heavy atom. The number of carbonyl (C=O) groups is 1. The van der Waals surface area contributed by atoms with Crippen molar-refractivity contribution in [2.75, 3.05) is 0 Å². The van der Waals surface area contributed by atoms with E-state index in [4.69, 9.17) is 4.74 Å². The summed E-state index contributed by atoms with van der Waals surface area (Å²) in [5.41, 5.74) is 0.886. The van der Waals surface area contributed by atoms with Gasteiger partial charge in [0.25, 0.3) is 0 Å². The second-order valence-corrected chi connectivity index (χ2v) is 3.90. The highest BCUT2D eigenvalue weighted by atomic mass is 16.5. The number of ether oxygens (including phenoxy) is 1. The molecule has 18 heavy (non-hydrogen) atoms. The maximum atomic E-state index is 11.3. The Morgan fingerprint density at radius 3 is 2.06 bits per heavy atom. The van der Waals surface area contributed by atoms with Crippen LogP contribution in [0.1, 0.15) is 12.5 Å². The van der Waals surface area contributed by atoms with Gasteiger partial charge in [0.2, 0.25) is 0 Å². The average molecular weight is 238 g/mol. The molecule has 0 aromatic heterocycles. The molecule has 0 heterocycles. The van der Waals surface area contributed by atoms with Crippen LogP contribution < -0.4 is 4.74 Å². The van der Waals surface area contributed by atoms with Gasteiger partial charge in [0, 0.05) is 11.6 Å². The van der Waals surface area contributed by atoms with E-state index in [0.717, 1.165) is 5.56 Å². The molecule has 0 spiro atoms. The lowest BCUT2D eigenvalue weighted by atomic mass is 10.1. The lowest BCUT2D eigenvalue weighted by molar-refractivity contribution is -0.112. The third kappa shape index (κ3) is 3.32. The lowest BCUT2D eigenvalue weighted by Crippen LogP contribution is -1.97. The Labute approximate surface area is 107 Å². The van der Waals surface area contributed by atoms with E-state index >= 15 is 0 Å². The lowest BCUT2D eigenvalue weighted by Gasteiger charge is -2.09. The van der Waals surface area contributed by atoms with Crippen molar-refractivity contribution in [2.45, 2.75) is 6.92 Å². The van der Waals surface area contributed by atoms with Crippen molar-refractivity contribution < 1.29 is 9.53 Å². The zero-order chi connectivity index (χ0) is 12.8. The van der Waals surface area contributed by atoms with Crippen molar-refractivity contribution in [2.24, 2.45) is 0 Å². The maximum absolute atomic E-state index is 11.3. The zero-order valence-electron chi connectivity index (χ0n) is 10.2. The van der Waals surface area contributed by atoms with Crippen LogP contribution in [0.5, 0.6) is 5.75 Å². The molecule has 0 saturated heterocycles. The third-order valence-electron chi connectivity index (χ3n) is 2.36. The molecular formula is C16H14O2. The van der Waals surface area contributed by atoms with Crippen molar-refractivity contribution in [3.05, 3.63) is 72.3 Å². The van der Waals surface area contributed by atoms with Crippen molar-refractivity contribution in [3.63, 3.8) is 0 Å². The molecule has 2 heteroatoms. The van der Waals surface area contributed by atoms with Crippen LogP contribution in [0.3, 0.4) is 0 Å². The molecule has 0 bridgehead atoms. The van der Waals surface area contributed by atoms with Crippen LogP contribution in [-0.2, 0) is 4.79 Å². The quantitative estimate of drug-likeness (QED) is 0.599. The van der Waals surface area contributed by atoms with E-state index in [1.54, 1.807) is 0 Å². The molecule has 0 fully saturated rings. The maximum Gasteiger partial charge on any atom is 0.156 e. The fraction of sp³-hybridized carbons (Fsp3) is 0.0625. The van der Waals surface area contributed by atoms with Crippen LogP contribution in [0.4, 0.5) is 0 Å². The van der Waals surface area contributed by atoms with E-state index < -0.39 is 0 Å². The predicted octanol–water partition coefficient (Wildman–Crippen LogP) is 3.70. The van der Waals surface area contributed by atoms with E-state index in [9.17, 15) is 4.79 Å². The molecule has 2 nitrogen and oxygen atoms in total. The molecule has 0 aliphatic carbocycles. The number of allylic oxidation sites excluding steroid dienone is 1. The fourth-order valence-corrected chi connectivity index (χ4v) is 1.57. The molecule has 2 rings (SSSR count). The van der Waals surface area contributed by atoms with Crippen LogP contribution in [0, 0.1) is 0 Å². The first-order valence-electron chi connectivity index (χ1n) is 5.76. The Balaban J connectivity index is 2.31. The van der Waals surface area contributed by atoms with Gasteiger partial charge >= 0.3 is 0 Å². The van der Waals surface area contributed by atoms with Crippen molar-refractivity contribution in [1.82, 2.24) is 0 Å². The van der Waals surface area contributed by atoms with Crippen LogP contribution in [0.2, 0.25) is 0 Å². The summed E-state index contributed by atoms with van der Waals surface area (Å²) in [6.07, 6.45) is 1.50. The largest absolute Gasteiger partial charge is 0.457 e. The Bertz CT molecular complexity index is 542. The minimum Gasteiger partial charge on any atom is -0.457 e. The van der Waals surface area contributed by atoms with E-state index in [2.05, 4.69) is 0 Å². The first-order chi connectivity index (χ1) is 8.75. The molecular weight excluding hydrogens is 224 g/mol. The summed E-state index contributed by atoms with van der Waals surface area (Å²) >= 11 is 0. The second kappa shape index (κ2) is 5.82. The van der Waals surface area contributed by atoms with E-state index in [1.807, 2.05) is 60.7 Å². The number of para-hydroxylation sites is 1. The molecule has 0 saturated carbocycles. The van der Waals surface area contributed by atoms with Crippen molar-refractivity contribution in [1.29, 1.82) is 0 Å². The minimum absolute atomic E-state index is 0.0372. The summed E-state index contributed by atoms with van der Waals surface area (Å²) in [6.45, 7) is 1.51. The van der Waals surface area contributed by atoms with Gasteiger partial charge in [0.15, 0.2) is 5.78 Å². The average Bonchev–Trinajstić information content (AvgIpc) is 2.40. The molecule has 0 aliphatic rings. The first kappa shape index (κ1) is 12.1. The number of ketones is 1.